The zero-order chi connectivity index (χ0) is 21.2. The van der Waals surface area contributed by atoms with Crippen molar-refractivity contribution in [3.8, 4) is 5.75 Å². The molecule has 1 heterocycles. The number of benzene rings is 1. The second kappa shape index (κ2) is 11.4. The summed E-state index contributed by atoms with van der Waals surface area (Å²) in [5, 5.41) is 18.0. The van der Waals surface area contributed by atoms with Gasteiger partial charge in [0.2, 0.25) is 5.91 Å². The number of hydrogen-bond acceptors (Lipinski definition) is 5. The van der Waals surface area contributed by atoms with Crippen molar-refractivity contribution in [1.82, 2.24) is 10.2 Å². The lowest BCUT2D eigenvalue weighted by atomic mass is 9.95. The third kappa shape index (κ3) is 7.73. The Morgan fingerprint density at radius 3 is 2.24 bits per heavy atom. The van der Waals surface area contributed by atoms with Crippen LogP contribution < -0.4 is 10.1 Å². The molecule has 8 nitrogen and oxygen atoms in total. The Hall–Kier alpha value is -2.61. The van der Waals surface area contributed by atoms with Crippen molar-refractivity contribution >= 4 is 17.8 Å². The van der Waals surface area contributed by atoms with E-state index in [4.69, 9.17) is 24.5 Å². The number of ether oxygens (including phenoxy) is 1. The van der Waals surface area contributed by atoms with Crippen molar-refractivity contribution in [1.29, 1.82) is 0 Å². The van der Waals surface area contributed by atoms with E-state index in [1.807, 2.05) is 12.1 Å². The Bertz CT molecular complexity index is 682. The molecule has 160 valence electrons. The number of methoxy groups -OCH3 is 1. The molecular weight excluding hydrogens is 376 g/mol. The van der Waals surface area contributed by atoms with E-state index in [9.17, 15) is 4.79 Å². The fourth-order valence-electron chi connectivity index (χ4n) is 3.77. The van der Waals surface area contributed by atoms with Crippen LogP contribution in [-0.4, -0.2) is 59.2 Å². The van der Waals surface area contributed by atoms with Gasteiger partial charge in [-0.05, 0) is 56.5 Å². The number of rotatable bonds is 5. The first kappa shape index (κ1) is 22.7. The molecule has 3 N–H and O–H groups in total. The predicted octanol–water partition coefficient (Wildman–Crippen LogP) is 2.12. The number of nitrogens with zero attached hydrogens (tertiary/aromatic N) is 1. The van der Waals surface area contributed by atoms with Crippen molar-refractivity contribution in [2.24, 2.45) is 5.92 Å². The lowest BCUT2D eigenvalue weighted by Gasteiger charge is -2.32. The monoisotopic (exact) mass is 406 g/mol. The molecule has 29 heavy (non-hydrogen) atoms. The SMILES string of the molecule is COc1cccc(CN2CCC(C(=O)NC3CCCC3)CC2)c1.O=C(O)C(=O)O. The fraction of sp³-hybridized carbons (Fsp3) is 0.571. The van der Waals surface area contributed by atoms with Gasteiger partial charge in [-0.2, -0.15) is 0 Å². The molecule has 0 unspecified atom stereocenters. The molecule has 3 rings (SSSR count). The Morgan fingerprint density at radius 1 is 1.07 bits per heavy atom. The highest BCUT2D eigenvalue weighted by molar-refractivity contribution is 6.27. The Labute approximate surface area is 170 Å². The van der Waals surface area contributed by atoms with Gasteiger partial charge in [-0.3, -0.25) is 9.69 Å². The van der Waals surface area contributed by atoms with Crippen LogP contribution in [-0.2, 0) is 20.9 Å². The van der Waals surface area contributed by atoms with Gasteiger partial charge < -0.3 is 20.3 Å². The number of carbonyl (C=O) groups excluding carboxylic acids is 1. The molecule has 0 spiro atoms. The number of hydrogen-bond donors (Lipinski definition) is 3. The molecule has 2 aliphatic rings. The van der Waals surface area contributed by atoms with Gasteiger partial charge in [-0.25, -0.2) is 9.59 Å². The predicted molar refractivity (Wildman–Crippen MR) is 107 cm³/mol. The smallest absolute Gasteiger partial charge is 0.414 e. The number of likely N-dealkylation sites (tertiary alicyclic amines) is 1. The molecule has 1 aromatic rings. The molecule has 1 amide bonds. The highest BCUT2D eigenvalue weighted by Crippen LogP contribution is 2.23. The van der Waals surface area contributed by atoms with Crippen LogP contribution in [0.4, 0.5) is 0 Å². The van der Waals surface area contributed by atoms with Crippen LogP contribution in [0.15, 0.2) is 24.3 Å². The molecular formula is C21H30N2O6. The minimum atomic E-state index is -1.82. The third-order valence-corrected chi connectivity index (χ3v) is 5.38. The summed E-state index contributed by atoms with van der Waals surface area (Å²) in [5.41, 5.74) is 1.28. The minimum Gasteiger partial charge on any atom is -0.497 e. The lowest BCUT2D eigenvalue weighted by molar-refractivity contribution is -0.159. The van der Waals surface area contributed by atoms with Crippen molar-refractivity contribution in [2.75, 3.05) is 20.2 Å². The zero-order valence-electron chi connectivity index (χ0n) is 16.8. The van der Waals surface area contributed by atoms with Crippen LogP contribution >= 0.6 is 0 Å². The average molecular weight is 406 g/mol. The van der Waals surface area contributed by atoms with E-state index in [-0.39, 0.29) is 11.8 Å². The van der Waals surface area contributed by atoms with E-state index in [2.05, 4.69) is 22.3 Å². The zero-order valence-corrected chi connectivity index (χ0v) is 16.8. The molecule has 1 saturated heterocycles. The van der Waals surface area contributed by atoms with Crippen LogP contribution in [0.5, 0.6) is 5.75 Å². The molecule has 1 aromatic carbocycles. The molecule has 1 aliphatic heterocycles. The summed E-state index contributed by atoms with van der Waals surface area (Å²) in [5.74, 6) is -2.24. The van der Waals surface area contributed by atoms with Crippen molar-refractivity contribution in [2.45, 2.75) is 51.1 Å². The van der Waals surface area contributed by atoms with E-state index in [0.717, 1.165) is 38.2 Å². The Kier molecular flexibility index (Phi) is 8.92. The largest absolute Gasteiger partial charge is 0.497 e. The lowest BCUT2D eigenvalue weighted by Crippen LogP contribution is -2.42. The Balaban J connectivity index is 0.000000438. The first-order valence-electron chi connectivity index (χ1n) is 10.0. The van der Waals surface area contributed by atoms with Gasteiger partial charge in [0.05, 0.1) is 7.11 Å². The molecule has 8 heteroatoms. The van der Waals surface area contributed by atoms with E-state index in [0.29, 0.717) is 6.04 Å². The molecule has 1 saturated carbocycles. The highest BCUT2D eigenvalue weighted by Gasteiger charge is 2.27. The van der Waals surface area contributed by atoms with E-state index < -0.39 is 11.9 Å². The summed E-state index contributed by atoms with van der Waals surface area (Å²) >= 11 is 0. The summed E-state index contributed by atoms with van der Waals surface area (Å²) in [6, 6.07) is 8.69. The maximum absolute atomic E-state index is 12.4. The van der Waals surface area contributed by atoms with Crippen molar-refractivity contribution in [3.63, 3.8) is 0 Å². The first-order valence-corrected chi connectivity index (χ1v) is 10.0. The molecule has 0 radical (unpaired) electrons. The standard InChI is InChI=1S/C19H28N2O2.C2H2O4/c1-23-18-8-4-5-15(13-18)14-21-11-9-16(10-12-21)19(22)20-17-6-2-3-7-17;3-1(4)2(5)6/h4-5,8,13,16-17H,2-3,6-7,9-12,14H2,1H3,(H,20,22);(H,3,4)(H,5,6). The summed E-state index contributed by atoms with van der Waals surface area (Å²) in [6.07, 6.45) is 6.82. The average Bonchev–Trinajstić information content (AvgIpc) is 3.22. The van der Waals surface area contributed by atoms with Crippen LogP contribution in [0.25, 0.3) is 0 Å². The van der Waals surface area contributed by atoms with Crippen molar-refractivity contribution in [3.05, 3.63) is 29.8 Å². The third-order valence-electron chi connectivity index (χ3n) is 5.38. The maximum atomic E-state index is 12.4. The summed E-state index contributed by atoms with van der Waals surface area (Å²) in [7, 11) is 1.70. The van der Waals surface area contributed by atoms with Crippen LogP contribution in [0.1, 0.15) is 44.1 Å². The van der Waals surface area contributed by atoms with Gasteiger partial charge in [-0.15, -0.1) is 0 Å². The van der Waals surface area contributed by atoms with E-state index in [1.54, 1.807) is 7.11 Å². The molecule has 2 fully saturated rings. The van der Waals surface area contributed by atoms with Gasteiger partial charge >= 0.3 is 11.9 Å². The van der Waals surface area contributed by atoms with Gasteiger partial charge in [0, 0.05) is 18.5 Å². The second-order valence-corrected chi connectivity index (χ2v) is 7.50. The number of carboxylic acids is 2. The summed E-state index contributed by atoms with van der Waals surface area (Å²) < 4.78 is 5.28. The van der Waals surface area contributed by atoms with E-state index in [1.165, 1.54) is 31.2 Å². The number of carboxylic acid groups (broad SMARTS) is 2. The quantitative estimate of drug-likeness (QED) is 0.641. The summed E-state index contributed by atoms with van der Waals surface area (Å²) in [6.45, 7) is 2.94. The van der Waals surface area contributed by atoms with Gasteiger partial charge in [0.25, 0.3) is 0 Å². The number of nitrogens with one attached hydrogen (secondary N) is 1. The first-order chi connectivity index (χ1) is 13.9. The topological polar surface area (TPSA) is 116 Å². The number of amides is 1. The van der Waals surface area contributed by atoms with Gasteiger partial charge in [-0.1, -0.05) is 25.0 Å². The summed E-state index contributed by atoms with van der Waals surface area (Å²) in [4.78, 5) is 33.0. The Morgan fingerprint density at radius 2 is 1.69 bits per heavy atom. The minimum absolute atomic E-state index is 0.206. The normalized spacial score (nSPS) is 17.8. The molecule has 0 aromatic heterocycles. The van der Waals surface area contributed by atoms with Gasteiger partial charge in [0.15, 0.2) is 0 Å². The van der Waals surface area contributed by atoms with Gasteiger partial charge in [0.1, 0.15) is 5.75 Å². The number of carbonyl (C=O) groups is 3. The molecule has 0 bridgehead atoms. The number of aliphatic carboxylic acids is 2. The maximum Gasteiger partial charge on any atom is 0.414 e. The van der Waals surface area contributed by atoms with Crippen LogP contribution in [0.3, 0.4) is 0 Å². The second-order valence-electron chi connectivity index (χ2n) is 7.50. The van der Waals surface area contributed by atoms with Crippen molar-refractivity contribution < 1.29 is 29.3 Å². The molecule has 1 aliphatic carbocycles. The highest BCUT2D eigenvalue weighted by atomic mass is 16.5. The fourth-order valence-corrected chi connectivity index (χ4v) is 3.77. The molecule has 0 atom stereocenters. The van der Waals surface area contributed by atoms with Crippen LogP contribution in [0, 0.1) is 5.92 Å². The number of piperidine rings is 1. The van der Waals surface area contributed by atoms with Crippen LogP contribution in [0.2, 0.25) is 0 Å². The van der Waals surface area contributed by atoms with E-state index >= 15 is 0 Å².